The maximum absolute atomic E-state index is 10.5. The normalized spacial score (nSPS) is 32.6. The van der Waals surface area contributed by atoms with Crippen LogP contribution in [0.4, 0.5) is 0 Å². The Hall–Kier alpha value is -0.730. The van der Waals surface area contributed by atoms with Crippen molar-refractivity contribution < 1.29 is 9.84 Å². The highest BCUT2D eigenvalue weighted by molar-refractivity contribution is 6.30. The standard InChI is InChI=1S/C18H25ClO2/c1-12(2)13-4-3-8-18(9-7-13)11-16(20)15-10-14(19)5-6-17(15)21-18/h5-6,10,12-13,16,20H,3-4,7-9,11H2,1-2H3. The van der Waals surface area contributed by atoms with Crippen LogP contribution in [0.1, 0.15) is 64.0 Å². The molecule has 0 radical (unpaired) electrons. The van der Waals surface area contributed by atoms with E-state index in [-0.39, 0.29) is 5.60 Å². The van der Waals surface area contributed by atoms with Gasteiger partial charge in [-0.3, -0.25) is 0 Å². The predicted octanol–water partition coefficient (Wildman–Crippen LogP) is 5.13. The molecule has 3 unspecified atom stereocenters. The van der Waals surface area contributed by atoms with E-state index >= 15 is 0 Å². The molecule has 1 aromatic rings. The van der Waals surface area contributed by atoms with Gasteiger partial charge in [-0.2, -0.15) is 0 Å². The van der Waals surface area contributed by atoms with Crippen molar-refractivity contribution in [3.8, 4) is 5.75 Å². The number of aliphatic hydroxyl groups excluding tert-OH is 1. The Morgan fingerprint density at radius 2 is 2.10 bits per heavy atom. The van der Waals surface area contributed by atoms with E-state index in [1.54, 1.807) is 0 Å². The van der Waals surface area contributed by atoms with Crippen LogP contribution in [0.25, 0.3) is 0 Å². The number of halogens is 1. The molecule has 116 valence electrons. The third-order valence-corrected chi connectivity index (χ3v) is 5.58. The lowest BCUT2D eigenvalue weighted by Crippen LogP contribution is -2.40. The monoisotopic (exact) mass is 308 g/mol. The molecule has 1 spiro atoms. The highest BCUT2D eigenvalue weighted by Gasteiger charge is 2.42. The average Bonchev–Trinajstić information content (AvgIpc) is 2.63. The van der Waals surface area contributed by atoms with Crippen molar-refractivity contribution in [2.75, 3.05) is 0 Å². The van der Waals surface area contributed by atoms with Crippen molar-refractivity contribution in [2.45, 2.75) is 64.1 Å². The largest absolute Gasteiger partial charge is 0.487 e. The van der Waals surface area contributed by atoms with Crippen LogP contribution in [0.3, 0.4) is 0 Å². The summed E-state index contributed by atoms with van der Waals surface area (Å²) in [6.07, 6.45) is 6.02. The average molecular weight is 309 g/mol. The molecule has 1 N–H and O–H groups in total. The van der Waals surface area contributed by atoms with E-state index in [4.69, 9.17) is 16.3 Å². The zero-order chi connectivity index (χ0) is 15.0. The van der Waals surface area contributed by atoms with Crippen LogP contribution in [0.15, 0.2) is 18.2 Å². The van der Waals surface area contributed by atoms with Crippen LogP contribution in [-0.2, 0) is 0 Å². The molecule has 3 atom stereocenters. The fourth-order valence-electron chi connectivity index (χ4n) is 3.99. The van der Waals surface area contributed by atoms with Gasteiger partial charge in [0.05, 0.1) is 6.10 Å². The number of benzene rings is 1. The third kappa shape index (κ3) is 3.07. The molecule has 0 amide bonds. The molecule has 1 aliphatic heterocycles. The van der Waals surface area contributed by atoms with E-state index in [0.717, 1.165) is 36.0 Å². The van der Waals surface area contributed by atoms with Crippen molar-refractivity contribution >= 4 is 11.6 Å². The molecular formula is C18H25ClO2. The first kappa shape index (κ1) is 15.2. The number of hydrogen-bond donors (Lipinski definition) is 1. The summed E-state index contributed by atoms with van der Waals surface area (Å²) in [6, 6.07) is 5.59. The van der Waals surface area contributed by atoms with E-state index in [2.05, 4.69) is 13.8 Å². The topological polar surface area (TPSA) is 29.5 Å². The Morgan fingerprint density at radius 3 is 2.86 bits per heavy atom. The van der Waals surface area contributed by atoms with Gasteiger partial charge in [0, 0.05) is 17.0 Å². The smallest absolute Gasteiger partial charge is 0.126 e. The van der Waals surface area contributed by atoms with Crippen molar-refractivity contribution in [3.63, 3.8) is 0 Å². The fraction of sp³-hybridized carbons (Fsp3) is 0.667. The first-order valence-corrected chi connectivity index (χ1v) is 8.53. The van der Waals surface area contributed by atoms with Gasteiger partial charge in [0.25, 0.3) is 0 Å². The van der Waals surface area contributed by atoms with Gasteiger partial charge < -0.3 is 9.84 Å². The lowest BCUT2D eigenvalue weighted by Gasteiger charge is -2.40. The molecule has 2 nitrogen and oxygen atoms in total. The fourth-order valence-corrected chi connectivity index (χ4v) is 4.17. The highest BCUT2D eigenvalue weighted by Crippen LogP contribution is 2.47. The number of fused-ring (bicyclic) bond motifs is 1. The van der Waals surface area contributed by atoms with E-state index in [1.807, 2.05) is 18.2 Å². The van der Waals surface area contributed by atoms with Crippen LogP contribution in [0.2, 0.25) is 5.02 Å². The molecular weight excluding hydrogens is 284 g/mol. The Bertz CT molecular complexity index is 514. The van der Waals surface area contributed by atoms with E-state index in [0.29, 0.717) is 11.4 Å². The van der Waals surface area contributed by atoms with Crippen LogP contribution in [0, 0.1) is 11.8 Å². The van der Waals surface area contributed by atoms with Crippen molar-refractivity contribution in [3.05, 3.63) is 28.8 Å². The predicted molar refractivity (Wildman–Crippen MR) is 85.8 cm³/mol. The highest BCUT2D eigenvalue weighted by atomic mass is 35.5. The van der Waals surface area contributed by atoms with Gasteiger partial charge in [0.1, 0.15) is 11.4 Å². The zero-order valence-corrected chi connectivity index (χ0v) is 13.7. The van der Waals surface area contributed by atoms with Gasteiger partial charge in [-0.1, -0.05) is 31.9 Å². The summed E-state index contributed by atoms with van der Waals surface area (Å²) in [5.74, 6) is 2.35. The van der Waals surface area contributed by atoms with Gasteiger partial charge in [0.15, 0.2) is 0 Å². The first-order valence-electron chi connectivity index (χ1n) is 8.16. The number of hydrogen-bond acceptors (Lipinski definition) is 2. The van der Waals surface area contributed by atoms with E-state index in [9.17, 15) is 5.11 Å². The van der Waals surface area contributed by atoms with Crippen LogP contribution < -0.4 is 4.74 Å². The molecule has 0 aromatic heterocycles. The molecule has 1 aliphatic carbocycles. The molecule has 2 aliphatic rings. The quantitative estimate of drug-likeness (QED) is 0.779. The van der Waals surface area contributed by atoms with Gasteiger partial charge in [-0.25, -0.2) is 0 Å². The second-order valence-corrected chi connectivity index (χ2v) is 7.56. The second kappa shape index (κ2) is 5.81. The molecule has 0 bridgehead atoms. The van der Waals surface area contributed by atoms with Crippen LogP contribution >= 0.6 is 11.6 Å². The molecule has 1 heterocycles. The van der Waals surface area contributed by atoms with Gasteiger partial charge in [0.2, 0.25) is 0 Å². The van der Waals surface area contributed by atoms with Crippen LogP contribution in [-0.4, -0.2) is 10.7 Å². The van der Waals surface area contributed by atoms with Crippen LogP contribution in [0.5, 0.6) is 5.75 Å². The Labute approximate surface area is 132 Å². The molecule has 1 fully saturated rings. The summed E-state index contributed by atoms with van der Waals surface area (Å²) in [5.41, 5.74) is 0.668. The SMILES string of the molecule is CC(C)C1CCCC2(CC1)CC(O)c1cc(Cl)ccc1O2. The molecule has 3 rings (SSSR count). The Morgan fingerprint density at radius 1 is 1.29 bits per heavy atom. The maximum Gasteiger partial charge on any atom is 0.126 e. The zero-order valence-electron chi connectivity index (χ0n) is 12.9. The summed E-state index contributed by atoms with van der Waals surface area (Å²) in [4.78, 5) is 0. The minimum absolute atomic E-state index is 0.177. The maximum atomic E-state index is 10.5. The molecule has 21 heavy (non-hydrogen) atoms. The third-order valence-electron chi connectivity index (χ3n) is 5.34. The van der Waals surface area contributed by atoms with Crippen molar-refractivity contribution in [1.29, 1.82) is 0 Å². The number of ether oxygens (including phenoxy) is 1. The van der Waals surface area contributed by atoms with Gasteiger partial charge >= 0.3 is 0 Å². The number of rotatable bonds is 1. The molecule has 1 saturated carbocycles. The summed E-state index contributed by atoms with van der Waals surface area (Å²) < 4.78 is 6.38. The summed E-state index contributed by atoms with van der Waals surface area (Å²) in [7, 11) is 0. The number of aliphatic hydroxyl groups is 1. The Balaban J connectivity index is 1.82. The van der Waals surface area contributed by atoms with Gasteiger partial charge in [-0.15, -0.1) is 0 Å². The summed E-state index contributed by atoms with van der Waals surface area (Å²) in [5, 5.41) is 11.2. The minimum atomic E-state index is -0.456. The molecule has 1 aromatic carbocycles. The molecule has 3 heteroatoms. The minimum Gasteiger partial charge on any atom is -0.487 e. The second-order valence-electron chi connectivity index (χ2n) is 7.12. The summed E-state index contributed by atoms with van der Waals surface area (Å²) in [6.45, 7) is 4.63. The first-order chi connectivity index (χ1) is 9.99. The summed E-state index contributed by atoms with van der Waals surface area (Å²) >= 11 is 6.03. The lowest BCUT2D eigenvalue weighted by molar-refractivity contribution is -0.0253. The molecule has 0 saturated heterocycles. The lowest BCUT2D eigenvalue weighted by atomic mass is 9.82. The van der Waals surface area contributed by atoms with E-state index in [1.165, 1.54) is 19.3 Å². The van der Waals surface area contributed by atoms with Crippen molar-refractivity contribution in [1.82, 2.24) is 0 Å². The Kier molecular flexibility index (Phi) is 4.20. The van der Waals surface area contributed by atoms with Crippen molar-refractivity contribution in [2.24, 2.45) is 11.8 Å². The van der Waals surface area contributed by atoms with E-state index < -0.39 is 6.10 Å². The van der Waals surface area contributed by atoms with Gasteiger partial charge in [-0.05, 0) is 55.7 Å².